The second-order valence-electron chi connectivity index (χ2n) is 2.73. The standard InChI is InChI=1S/C10H10N2/c1-3-7-11-9(5-1)10-6-2-4-8-12-10/h1-10H/q-2. The van der Waals surface area contributed by atoms with E-state index in [9.17, 15) is 0 Å². The summed E-state index contributed by atoms with van der Waals surface area (Å²) in [6.45, 7) is 0. The maximum absolute atomic E-state index is 4.31. The molecule has 2 aliphatic heterocycles. The van der Waals surface area contributed by atoms with E-state index in [1.165, 1.54) is 0 Å². The van der Waals surface area contributed by atoms with Crippen LogP contribution >= 0.6 is 0 Å². The quantitative estimate of drug-likeness (QED) is 0.561. The van der Waals surface area contributed by atoms with E-state index in [0.717, 1.165) is 0 Å². The highest BCUT2D eigenvalue weighted by Crippen LogP contribution is 2.21. The van der Waals surface area contributed by atoms with E-state index in [2.05, 4.69) is 22.8 Å². The van der Waals surface area contributed by atoms with Gasteiger partial charge in [-0.25, -0.2) is 0 Å². The molecule has 0 aliphatic carbocycles. The molecule has 0 saturated heterocycles. The fraction of sp³-hybridized carbons (Fsp3) is 0.200. The Labute approximate surface area is 72.4 Å². The lowest BCUT2D eigenvalue weighted by Gasteiger charge is -2.43. The van der Waals surface area contributed by atoms with Crippen molar-refractivity contribution in [1.29, 1.82) is 0 Å². The molecule has 2 heteroatoms. The molecule has 0 saturated carbocycles. The number of hydrogen-bond acceptors (Lipinski definition) is 0. The third kappa shape index (κ3) is 1.42. The fourth-order valence-corrected chi connectivity index (χ4v) is 1.26. The maximum Gasteiger partial charge on any atom is -0.0693 e. The van der Waals surface area contributed by atoms with Crippen LogP contribution in [0, 0.1) is 0 Å². The summed E-state index contributed by atoms with van der Waals surface area (Å²) in [5.74, 6) is 0. The SMILES string of the molecule is C1=C[N-]C(C2C=CC=C[N-]2)C=C1. The van der Waals surface area contributed by atoms with Gasteiger partial charge in [0.15, 0.2) is 0 Å². The molecule has 0 bridgehead atoms. The van der Waals surface area contributed by atoms with Crippen LogP contribution in [-0.4, -0.2) is 12.1 Å². The molecule has 0 fully saturated rings. The lowest BCUT2D eigenvalue weighted by atomic mass is 10.0. The molecule has 0 radical (unpaired) electrons. The molecule has 2 rings (SSSR count). The van der Waals surface area contributed by atoms with Crippen molar-refractivity contribution in [2.24, 2.45) is 0 Å². The molecule has 0 aromatic heterocycles. The van der Waals surface area contributed by atoms with E-state index in [4.69, 9.17) is 0 Å². The van der Waals surface area contributed by atoms with Crippen LogP contribution in [0.2, 0.25) is 0 Å². The Kier molecular flexibility index (Phi) is 1.99. The predicted molar refractivity (Wildman–Crippen MR) is 50.9 cm³/mol. The van der Waals surface area contributed by atoms with Gasteiger partial charge < -0.3 is 10.6 Å². The summed E-state index contributed by atoms with van der Waals surface area (Å²) >= 11 is 0. The minimum Gasteiger partial charge on any atom is -0.685 e. The first-order valence-corrected chi connectivity index (χ1v) is 4.03. The second-order valence-corrected chi connectivity index (χ2v) is 2.73. The topological polar surface area (TPSA) is 28.2 Å². The summed E-state index contributed by atoms with van der Waals surface area (Å²) < 4.78 is 0. The summed E-state index contributed by atoms with van der Waals surface area (Å²) in [5, 5.41) is 8.61. The van der Waals surface area contributed by atoms with Crippen molar-refractivity contribution in [3.63, 3.8) is 0 Å². The lowest BCUT2D eigenvalue weighted by molar-refractivity contribution is 0.839. The molecule has 0 aromatic carbocycles. The number of hydrogen-bond donors (Lipinski definition) is 0. The molecule has 12 heavy (non-hydrogen) atoms. The molecular formula is C10H10N2-2. The van der Waals surface area contributed by atoms with Gasteiger partial charge in [0, 0.05) is 0 Å². The Bertz CT molecular complexity index is 233. The van der Waals surface area contributed by atoms with E-state index in [-0.39, 0.29) is 12.1 Å². The summed E-state index contributed by atoms with van der Waals surface area (Å²) in [4.78, 5) is 0. The highest BCUT2D eigenvalue weighted by atomic mass is 15.0. The minimum absolute atomic E-state index is 0.191. The van der Waals surface area contributed by atoms with Gasteiger partial charge in [0.1, 0.15) is 0 Å². The highest BCUT2D eigenvalue weighted by Gasteiger charge is 1.99. The second kappa shape index (κ2) is 3.30. The van der Waals surface area contributed by atoms with Crippen LogP contribution in [0.5, 0.6) is 0 Å². The normalized spacial score (nSPS) is 31.3. The molecule has 2 atom stereocenters. The molecule has 0 amide bonds. The van der Waals surface area contributed by atoms with Gasteiger partial charge in [-0.2, -0.15) is 12.4 Å². The molecule has 2 heterocycles. The molecule has 2 aliphatic rings. The van der Waals surface area contributed by atoms with E-state index < -0.39 is 0 Å². The Hall–Kier alpha value is -1.44. The van der Waals surface area contributed by atoms with Gasteiger partial charge in [0.05, 0.1) is 0 Å². The number of nitrogens with zero attached hydrogens (tertiary/aromatic N) is 2. The molecule has 2 unspecified atom stereocenters. The van der Waals surface area contributed by atoms with Gasteiger partial charge in [-0.05, 0) is 0 Å². The molecule has 0 aromatic rings. The maximum atomic E-state index is 4.31. The summed E-state index contributed by atoms with van der Waals surface area (Å²) in [6.07, 6.45) is 15.7. The van der Waals surface area contributed by atoms with Gasteiger partial charge in [0.2, 0.25) is 0 Å². The van der Waals surface area contributed by atoms with E-state index >= 15 is 0 Å². The van der Waals surface area contributed by atoms with Gasteiger partial charge in [-0.3, -0.25) is 0 Å². The molecule has 2 nitrogen and oxygen atoms in total. The minimum atomic E-state index is 0.191. The summed E-state index contributed by atoms with van der Waals surface area (Å²) in [7, 11) is 0. The highest BCUT2D eigenvalue weighted by molar-refractivity contribution is 5.37. The third-order valence-electron chi connectivity index (χ3n) is 1.88. The predicted octanol–water partition coefficient (Wildman–Crippen LogP) is 2.64. The largest absolute Gasteiger partial charge is 0.685 e. The Balaban J connectivity index is 2.01. The van der Waals surface area contributed by atoms with Crippen LogP contribution in [0.4, 0.5) is 0 Å². The van der Waals surface area contributed by atoms with Crippen LogP contribution in [-0.2, 0) is 0 Å². The van der Waals surface area contributed by atoms with Crippen LogP contribution in [0.25, 0.3) is 10.6 Å². The molecule has 62 valence electrons. The van der Waals surface area contributed by atoms with Gasteiger partial charge in [-0.15, -0.1) is 24.2 Å². The van der Waals surface area contributed by atoms with Gasteiger partial charge in [0.25, 0.3) is 0 Å². The molecule has 0 spiro atoms. The zero-order chi connectivity index (χ0) is 8.23. The molecule has 0 N–H and O–H groups in total. The average molecular weight is 158 g/mol. The smallest absolute Gasteiger partial charge is 0.0693 e. The van der Waals surface area contributed by atoms with E-state index in [0.29, 0.717) is 0 Å². The number of allylic oxidation sites excluding steroid dienone is 4. The van der Waals surface area contributed by atoms with Crippen LogP contribution in [0.3, 0.4) is 0 Å². The van der Waals surface area contributed by atoms with Crippen molar-refractivity contribution < 1.29 is 0 Å². The molecular weight excluding hydrogens is 148 g/mol. The first-order valence-electron chi connectivity index (χ1n) is 4.03. The van der Waals surface area contributed by atoms with Gasteiger partial charge >= 0.3 is 0 Å². The van der Waals surface area contributed by atoms with Crippen molar-refractivity contribution in [1.82, 2.24) is 0 Å². The van der Waals surface area contributed by atoms with Crippen molar-refractivity contribution in [3.05, 3.63) is 59.5 Å². The summed E-state index contributed by atoms with van der Waals surface area (Å²) in [6, 6.07) is 0.382. The zero-order valence-corrected chi connectivity index (χ0v) is 6.67. The van der Waals surface area contributed by atoms with Gasteiger partial charge in [-0.1, -0.05) is 24.3 Å². The first-order chi connectivity index (χ1) is 5.97. The third-order valence-corrected chi connectivity index (χ3v) is 1.88. The lowest BCUT2D eigenvalue weighted by Crippen LogP contribution is -2.20. The Morgan fingerprint density at radius 3 is 1.50 bits per heavy atom. The number of rotatable bonds is 1. The first kappa shape index (κ1) is 7.22. The van der Waals surface area contributed by atoms with Crippen molar-refractivity contribution in [3.8, 4) is 0 Å². The van der Waals surface area contributed by atoms with Crippen molar-refractivity contribution in [2.45, 2.75) is 12.1 Å². The van der Waals surface area contributed by atoms with E-state index in [1.54, 1.807) is 0 Å². The van der Waals surface area contributed by atoms with Crippen molar-refractivity contribution >= 4 is 0 Å². The van der Waals surface area contributed by atoms with Crippen LogP contribution in [0.1, 0.15) is 0 Å². The van der Waals surface area contributed by atoms with Crippen LogP contribution in [0.15, 0.2) is 48.9 Å². The average Bonchev–Trinajstić information content (AvgIpc) is 2.21. The Morgan fingerprint density at radius 1 is 0.667 bits per heavy atom. The Morgan fingerprint density at radius 2 is 1.17 bits per heavy atom. The zero-order valence-electron chi connectivity index (χ0n) is 6.67. The summed E-state index contributed by atoms with van der Waals surface area (Å²) in [5.41, 5.74) is 0. The van der Waals surface area contributed by atoms with Crippen LogP contribution < -0.4 is 0 Å². The fourth-order valence-electron chi connectivity index (χ4n) is 1.26. The monoisotopic (exact) mass is 158 g/mol. The van der Waals surface area contributed by atoms with Crippen molar-refractivity contribution in [2.75, 3.05) is 0 Å². The van der Waals surface area contributed by atoms with E-state index in [1.807, 2.05) is 36.7 Å².